The molecule has 0 spiro atoms. The molecule has 0 amide bonds. The van der Waals surface area contributed by atoms with Crippen LogP contribution >= 0.6 is 9.24 Å². The molecule has 2 heterocycles. The predicted molar refractivity (Wildman–Crippen MR) is 47.3 cm³/mol. The second kappa shape index (κ2) is 2.60. The largest absolute Gasteiger partial charge is 0.305 e. The molecule has 0 aliphatic heterocycles. The van der Waals surface area contributed by atoms with E-state index in [9.17, 15) is 4.79 Å². The summed E-state index contributed by atoms with van der Waals surface area (Å²) in [4.78, 5) is 25.4. The molecule has 0 bridgehead atoms. The van der Waals surface area contributed by atoms with E-state index in [0.717, 1.165) is 0 Å². The van der Waals surface area contributed by atoms with E-state index in [0.29, 0.717) is 11.2 Å². The van der Waals surface area contributed by atoms with E-state index in [1.807, 2.05) is 0 Å². The smallest absolute Gasteiger partial charge is 0.279 e. The summed E-state index contributed by atoms with van der Waals surface area (Å²) in [7, 11) is 2.30. The van der Waals surface area contributed by atoms with Gasteiger partial charge in [-0.2, -0.15) is 0 Å². The van der Waals surface area contributed by atoms with Gasteiger partial charge in [0.05, 0.1) is 0 Å². The SMILES string of the molecule is O=c1[nH]c(P)nc2nccnc12. The molecule has 0 aliphatic carbocycles. The Morgan fingerprint density at radius 2 is 2.08 bits per heavy atom. The second-order valence-corrected chi connectivity index (χ2v) is 2.73. The molecule has 2 rings (SSSR count). The van der Waals surface area contributed by atoms with Gasteiger partial charge in [0.2, 0.25) is 0 Å². The lowest BCUT2D eigenvalue weighted by Gasteiger charge is -1.94. The van der Waals surface area contributed by atoms with Crippen LogP contribution < -0.4 is 11.1 Å². The van der Waals surface area contributed by atoms with Crippen LogP contribution in [-0.4, -0.2) is 19.9 Å². The molecule has 0 aliphatic rings. The van der Waals surface area contributed by atoms with E-state index < -0.39 is 0 Å². The van der Waals surface area contributed by atoms with E-state index in [1.54, 1.807) is 0 Å². The minimum Gasteiger partial charge on any atom is -0.305 e. The first kappa shape index (κ1) is 7.31. The Kier molecular flexibility index (Phi) is 1.59. The minimum atomic E-state index is -0.266. The first-order chi connectivity index (χ1) is 5.77. The fourth-order valence-electron chi connectivity index (χ4n) is 0.890. The Balaban J connectivity index is 2.99. The van der Waals surface area contributed by atoms with Gasteiger partial charge in [-0.1, -0.05) is 9.24 Å². The average Bonchev–Trinajstić information content (AvgIpc) is 2.04. The Morgan fingerprint density at radius 1 is 1.33 bits per heavy atom. The first-order valence-electron chi connectivity index (χ1n) is 3.24. The van der Waals surface area contributed by atoms with Crippen molar-refractivity contribution in [2.75, 3.05) is 0 Å². The Morgan fingerprint density at radius 3 is 2.92 bits per heavy atom. The molecule has 12 heavy (non-hydrogen) atoms. The first-order valence-corrected chi connectivity index (χ1v) is 3.81. The number of nitrogens with zero attached hydrogens (tertiary/aromatic N) is 3. The molecule has 0 aromatic carbocycles. The normalized spacial score (nSPS) is 10.4. The third kappa shape index (κ3) is 1.08. The number of aromatic amines is 1. The topological polar surface area (TPSA) is 71.5 Å². The van der Waals surface area contributed by atoms with Crippen LogP contribution in [0.5, 0.6) is 0 Å². The summed E-state index contributed by atoms with van der Waals surface area (Å²) < 4.78 is 0. The highest BCUT2D eigenvalue weighted by Crippen LogP contribution is 1.94. The minimum absolute atomic E-state index is 0.266. The predicted octanol–water partition coefficient (Wildman–Crippen LogP) is -0.787. The summed E-state index contributed by atoms with van der Waals surface area (Å²) >= 11 is 0. The van der Waals surface area contributed by atoms with Crippen molar-refractivity contribution >= 4 is 26.0 Å². The lowest BCUT2D eigenvalue weighted by atomic mass is 10.5. The van der Waals surface area contributed by atoms with Crippen LogP contribution in [0.2, 0.25) is 0 Å². The molecule has 60 valence electrons. The van der Waals surface area contributed by atoms with Gasteiger partial charge in [0, 0.05) is 12.4 Å². The zero-order chi connectivity index (χ0) is 8.55. The molecular weight excluding hydrogens is 175 g/mol. The molecule has 1 unspecified atom stereocenters. The highest BCUT2D eigenvalue weighted by atomic mass is 31.0. The molecule has 0 saturated carbocycles. The van der Waals surface area contributed by atoms with Crippen molar-refractivity contribution < 1.29 is 0 Å². The number of fused-ring (bicyclic) bond motifs is 1. The van der Waals surface area contributed by atoms with Crippen molar-refractivity contribution in [1.82, 2.24) is 19.9 Å². The van der Waals surface area contributed by atoms with E-state index in [-0.39, 0.29) is 11.1 Å². The average molecular weight is 180 g/mol. The monoisotopic (exact) mass is 180 g/mol. The van der Waals surface area contributed by atoms with Gasteiger partial charge in [0.1, 0.15) is 5.57 Å². The number of H-pyrrole nitrogens is 1. The molecule has 2 aromatic rings. The summed E-state index contributed by atoms with van der Waals surface area (Å²) in [5.74, 6) is 0. The molecule has 5 nitrogen and oxygen atoms in total. The third-order valence-corrected chi connectivity index (χ3v) is 1.64. The number of hydrogen-bond donors (Lipinski definition) is 1. The Bertz CT molecular complexity index is 480. The van der Waals surface area contributed by atoms with Crippen molar-refractivity contribution in [2.24, 2.45) is 0 Å². The number of hydrogen-bond acceptors (Lipinski definition) is 4. The van der Waals surface area contributed by atoms with Crippen LogP contribution in [0.3, 0.4) is 0 Å². The summed E-state index contributed by atoms with van der Waals surface area (Å²) in [6.45, 7) is 0. The zero-order valence-electron chi connectivity index (χ0n) is 5.98. The third-order valence-electron chi connectivity index (χ3n) is 1.36. The molecule has 1 N–H and O–H groups in total. The van der Waals surface area contributed by atoms with Crippen molar-refractivity contribution in [3.05, 3.63) is 22.7 Å². The zero-order valence-corrected chi connectivity index (χ0v) is 7.14. The maximum Gasteiger partial charge on any atom is 0.279 e. The molecule has 2 aromatic heterocycles. The summed E-state index contributed by atoms with van der Waals surface area (Å²) in [6.07, 6.45) is 2.96. The maximum atomic E-state index is 11.2. The van der Waals surface area contributed by atoms with Gasteiger partial charge in [-0.25, -0.2) is 15.0 Å². The van der Waals surface area contributed by atoms with Crippen LogP contribution in [0.4, 0.5) is 0 Å². The molecular formula is C6H5N4OP. The number of aromatic nitrogens is 4. The molecule has 6 heteroatoms. The van der Waals surface area contributed by atoms with E-state index >= 15 is 0 Å². The Hall–Kier alpha value is -1.35. The van der Waals surface area contributed by atoms with Crippen LogP contribution in [-0.2, 0) is 0 Å². The van der Waals surface area contributed by atoms with Crippen molar-refractivity contribution in [2.45, 2.75) is 0 Å². The molecule has 0 radical (unpaired) electrons. The van der Waals surface area contributed by atoms with Crippen molar-refractivity contribution in [3.63, 3.8) is 0 Å². The highest BCUT2D eigenvalue weighted by molar-refractivity contribution is 7.26. The van der Waals surface area contributed by atoms with Gasteiger partial charge >= 0.3 is 0 Å². The van der Waals surface area contributed by atoms with Gasteiger partial charge in [-0.15, -0.1) is 0 Å². The van der Waals surface area contributed by atoms with Gasteiger partial charge in [-0.05, 0) is 0 Å². The van der Waals surface area contributed by atoms with E-state index in [1.165, 1.54) is 12.4 Å². The molecule has 0 fully saturated rings. The molecule has 1 atom stereocenters. The van der Waals surface area contributed by atoms with Crippen LogP contribution in [0, 0.1) is 0 Å². The van der Waals surface area contributed by atoms with E-state index in [2.05, 4.69) is 29.2 Å². The summed E-state index contributed by atoms with van der Waals surface area (Å²) in [6, 6.07) is 0. The van der Waals surface area contributed by atoms with Crippen molar-refractivity contribution in [3.8, 4) is 0 Å². The maximum absolute atomic E-state index is 11.2. The molecule has 0 saturated heterocycles. The standard InChI is InChI=1S/C6H5N4OP/c11-5-3-4(8-2-1-7-3)9-6(12)10-5/h1-2H,12H2,(H,8,9,10,11). The second-order valence-electron chi connectivity index (χ2n) is 2.18. The lowest BCUT2D eigenvalue weighted by Crippen LogP contribution is -2.19. The van der Waals surface area contributed by atoms with Gasteiger partial charge in [-0.3, -0.25) is 4.79 Å². The van der Waals surface area contributed by atoms with Gasteiger partial charge in [0.15, 0.2) is 11.2 Å². The lowest BCUT2D eigenvalue weighted by molar-refractivity contribution is 1.15. The van der Waals surface area contributed by atoms with E-state index in [4.69, 9.17) is 0 Å². The fourth-order valence-corrected chi connectivity index (χ4v) is 1.14. The fraction of sp³-hybridized carbons (Fsp3) is 0. The summed E-state index contributed by atoms with van der Waals surface area (Å²) in [5, 5.41) is 0. The van der Waals surface area contributed by atoms with Crippen LogP contribution in [0.25, 0.3) is 11.2 Å². The summed E-state index contributed by atoms with van der Waals surface area (Å²) in [5.41, 5.74) is 0.834. The van der Waals surface area contributed by atoms with Crippen LogP contribution in [0.15, 0.2) is 17.2 Å². The quantitative estimate of drug-likeness (QED) is 0.539. The number of nitrogens with one attached hydrogen (secondary N) is 1. The van der Waals surface area contributed by atoms with Crippen molar-refractivity contribution in [1.29, 1.82) is 0 Å². The van der Waals surface area contributed by atoms with Gasteiger partial charge < -0.3 is 4.98 Å². The highest BCUT2D eigenvalue weighted by Gasteiger charge is 2.01. The Labute approximate surface area is 69.5 Å². The number of rotatable bonds is 0. The van der Waals surface area contributed by atoms with Crippen LogP contribution in [0.1, 0.15) is 0 Å². The van der Waals surface area contributed by atoms with Gasteiger partial charge in [0.25, 0.3) is 5.56 Å².